The van der Waals surface area contributed by atoms with E-state index >= 15 is 0 Å². The van der Waals surface area contributed by atoms with Crippen molar-refractivity contribution < 1.29 is 35.9 Å². The smallest absolute Gasteiger partial charge is 0.382 e. The largest absolute Gasteiger partial charge is 1.00 e. The zero-order valence-electron chi connectivity index (χ0n) is 14.5. The van der Waals surface area contributed by atoms with Crippen molar-refractivity contribution in [2.75, 3.05) is 6.61 Å². The van der Waals surface area contributed by atoms with Crippen LogP contribution in [-0.2, 0) is 29.5 Å². The number of imidazole rings is 1. The van der Waals surface area contributed by atoms with Crippen molar-refractivity contribution in [3.8, 4) is 0 Å². The molecule has 0 aliphatic carbocycles. The Kier molecular flexibility index (Phi) is 7.35. The second-order valence-corrected chi connectivity index (χ2v) is 5.72. The van der Waals surface area contributed by atoms with Crippen LogP contribution in [-0.4, -0.2) is 22.9 Å². The molecular weight excluding hydrogens is 372 g/mol. The lowest BCUT2D eigenvalue weighted by Gasteiger charge is -2.07. The van der Waals surface area contributed by atoms with E-state index in [0.717, 1.165) is 16.7 Å². The van der Waals surface area contributed by atoms with Crippen LogP contribution in [0.5, 0.6) is 0 Å². The number of aryl methyl sites for hydroxylation is 3. The molecule has 2 rings (SSSR count). The molecule has 0 unspecified atom stereocenters. The van der Waals surface area contributed by atoms with Gasteiger partial charge in [0.15, 0.2) is 5.78 Å². The van der Waals surface area contributed by atoms with E-state index in [4.69, 9.17) is 4.74 Å². The summed E-state index contributed by atoms with van der Waals surface area (Å²) in [5.74, 6) is -0.274. The Labute approximate surface area is 153 Å². The van der Waals surface area contributed by atoms with E-state index in [1.54, 1.807) is 35.6 Å². The first-order chi connectivity index (χ1) is 10.9. The number of rotatable bonds is 6. The minimum atomic E-state index is -0.379. The van der Waals surface area contributed by atoms with Gasteiger partial charge in [-0.1, -0.05) is 18.2 Å². The number of ether oxygens (including phenoxy) is 1. The molecule has 0 N–H and O–H groups in total. The summed E-state index contributed by atoms with van der Waals surface area (Å²) in [6, 6.07) is 6.03. The quantitative estimate of drug-likeness (QED) is 0.462. The highest BCUT2D eigenvalue weighted by Crippen LogP contribution is 2.14. The van der Waals surface area contributed by atoms with Crippen LogP contribution in [0.1, 0.15) is 34.1 Å². The lowest BCUT2D eigenvalue weighted by atomic mass is 9.98. The molecular formula is C18H23BrN2O3. The van der Waals surface area contributed by atoms with Crippen LogP contribution in [0.25, 0.3) is 0 Å². The second-order valence-electron chi connectivity index (χ2n) is 5.72. The maximum absolute atomic E-state index is 12.4. The number of aromatic nitrogens is 2. The third kappa shape index (κ3) is 4.77. The Hall–Kier alpha value is -1.95. The van der Waals surface area contributed by atoms with Gasteiger partial charge in [0.2, 0.25) is 6.33 Å². The van der Waals surface area contributed by atoms with Gasteiger partial charge in [-0.15, -0.1) is 0 Å². The number of Topliss-reactive ketones (excluding diaryl/α,β-unsaturated/α-hetero) is 1. The summed E-state index contributed by atoms with van der Waals surface area (Å²) in [6.45, 7) is 6.37. The molecule has 0 aliphatic rings. The van der Waals surface area contributed by atoms with Gasteiger partial charge < -0.3 is 21.7 Å². The van der Waals surface area contributed by atoms with Gasteiger partial charge in [-0.05, 0) is 37.5 Å². The van der Waals surface area contributed by atoms with Gasteiger partial charge in [0, 0.05) is 6.42 Å². The van der Waals surface area contributed by atoms with E-state index in [1.807, 2.05) is 32.0 Å². The van der Waals surface area contributed by atoms with Gasteiger partial charge in [-0.3, -0.25) is 4.79 Å². The molecule has 1 aromatic carbocycles. The topological polar surface area (TPSA) is 52.2 Å². The van der Waals surface area contributed by atoms with E-state index in [1.165, 1.54) is 0 Å². The Morgan fingerprint density at radius 3 is 2.42 bits per heavy atom. The van der Waals surface area contributed by atoms with Gasteiger partial charge in [0.1, 0.15) is 12.7 Å². The summed E-state index contributed by atoms with van der Waals surface area (Å²) >= 11 is 0. The molecule has 24 heavy (non-hydrogen) atoms. The zero-order valence-corrected chi connectivity index (χ0v) is 16.1. The molecule has 0 amide bonds. The SMILES string of the molecule is CCOC(=O)c1c[n+](CC(=O)Cc2c(C)cccc2C)cn1C.[Br-]. The van der Waals surface area contributed by atoms with Gasteiger partial charge in [0.05, 0.1) is 13.7 Å². The molecule has 2 aromatic rings. The monoisotopic (exact) mass is 394 g/mol. The third-order valence-electron chi connectivity index (χ3n) is 3.85. The Bertz CT molecular complexity index is 718. The van der Waals surface area contributed by atoms with E-state index in [2.05, 4.69) is 0 Å². The first kappa shape index (κ1) is 20.1. The fourth-order valence-electron chi connectivity index (χ4n) is 2.64. The highest BCUT2D eigenvalue weighted by molar-refractivity contribution is 5.87. The van der Waals surface area contributed by atoms with Crippen molar-refractivity contribution in [3.05, 3.63) is 53.1 Å². The molecule has 0 atom stereocenters. The van der Waals surface area contributed by atoms with Crippen molar-refractivity contribution in [2.24, 2.45) is 7.05 Å². The fourth-order valence-corrected chi connectivity index (χ4v) is 2.64. The predicted molar refractivity (Wildman–Crippen MR) is 86.2 cm³/mol. The van der Waals surface area contributed by atoms with Crippen molar-refractivity contribution >= 4 is 11.8 Å². The van der Waals surface area contributed by atoms with Gasteiger partial charge in [-0.25, -0.2) is 13.9 Å². The molecule has 0 radical (unpaired) electrons. The molecule has 1 heterocycles. The number of nitrogens with zero attached hydrogens (tertiary/aromatic N) is 2. The molecule has 1 aromatic heterocycles. The summed E-state index contributed by atoms with van der Waals surface area (Å²) < 4.78 is 8.39. The minimum Gasteiger partial charge on any atom is -1.00 e. The average Bonchev–Trinajstić information content (AvgIpc) is 2.84. The van der Waals surface area contributed by atoms with E-state index in [0.29, 0.717) is 18.7 Å². The molecule has 0 saturated heterocycles. The summed E-state index contributed by atoms with van der Waals surface area (Å²) in [6.07, 6.45) is 3.78. The number of carbonyl (C=O) groups excluding carboxylic acids is 2. The lowest BCUT2D eigenvalue weighted by Crippen LogP contribution is -3.00. The molecule has 0 aliphatic heterocycles. The minimum absolute atomic E-state index is 0. The highest BCUT2D eigenvalue weighted by atomic mass is 79.9. The van der Waals surface area contributed by atoms with E-state index < -0.39 is 0 Å². The number of benzene rings is 1. The van der Waals surface area contributed by atoms with Crippen molar-refractivity contribution in [1.29, 1.82) is 0 Å². The Balaban J connectivity index is 0.00000288. The lowest BCUT2D eigenvalue weighted by molar-refractivity contribution is -0.683. The fraction of sp³-hybridized carbons (Fsp3) is 0.389. The maximum Gasteiger partial charge on any atom is 0.382 e. The van der Waals surface area contributed by atoms with E-state index in [9.17, 15) is 9.59 Å². The normalized spacial score (nSPS) is 10.2. The number of halogens is 1. The molecule has 6 heteroatoms. The summed E-state index contributed by atoms with van der Waals surface area (Å²) in [4.78, 5) is 24.2. The van der Waals surface area contributed by atoms with Gasteiger partial charge >= 0.3 is 5.97 Å². The second kappa shape index (κ2) is 8.78. The highest BCUT2D eigenvalue weighted by Gasteiger charge is 2.21. The van der Waals surface area contributed by atoms with Crippen LogP contribution in [0.3, 0.4) is 0 Å². The average molecular weight is 395 g/mol. The van der Waals surface area contributed by atoms with Gasteiger partial charge in [0.25, 0.3) is 5.69 Å². The van der Waals surface area contributed by atoms with Crippen LogP contribution in [0.2, 0.25) is 0 Å². The van der Waals surface area contributed by atoms with Crippen LogP contribution >= 0.6 is 0 Å². The van der Waals surface area contributed by atoms with Gasteiger partial charge in [-0.2, -0.15) is 0 Å². The first-order valence-electron chi connectivity index (χ1n) is 7.71. The molecule has 130 valence electrons. The van der Waals surface area contributed by atoms with Crippen molar-refractivity contribution in [3.63, 3.8) is 0 Å². The Morgan fingerprint density at radius 2 is 1.83 bits per heavy atom. The number of esters is 1. The maximum atomic E-state index is 12.4. The van der Waals surface area contributed by atoms with Crippen LogP contribution in [0.15, 0.2) is 30.7 Å². The third-order valence-corrected chi connectivity index (χ3v) is 3.85. The number of hydrogen-bond donors (Lipinski definition) is 0. The van der Waals surface area contributed by atoms with Crippen LogP contribution in [0.4, 0.5) is 0 Å². The predicted octanol–water partition coefficient (Wildman–Crippen LogP) is -1.08. The van der Waals surface area contributed by atoms with Crippen molar-refractivity contribution in [2.45, 2.75) is 33.7 Å². The number of hydrogen-bond acceptors (Lipinski definition) is 3. The summed E-state index contributed by atoms with van der Waals surface area (Å²) in [5, 5.41) is 0. The molecule has 5 nitrogen and oxygen atoms in total. The molecule has 0 saturated carbocycles. The number of carbonyl (C=O) groups is 2. The molecule has 0 bridgehead atoms. The molecule has 0 spiro atoms. The Morgan fingerprint density at radius 1 is 1.21 bits per heavy atom. The summed E-state index contributed by atoms with van der Waals surface area (Å²) in [5.41, 5.74) is 3.78. The molecule has 0 fully saturated rings. The number of ketones is 1. The van der Waals surface area contributed by atoms with E-state index in [-0.39, 0.29) is 35.3 Å². The van der Waals surface area contributed by atoms with Crippen LogP contribution in [0, 0.1) is 13.8 Å². The van der Waals surface area contributed by atoms with Crippen molar-refractivity contribution in [1.82, 2.24) is 4.57 Å². The summed E-state index contributed by atoms with van der Waals surface area (Å²) in [7, 11) is 1.76. The van der Waals surface area contributed by atoms with Crippen LogP contribution < -0.4 is 21.5 Å². The first-order valence-corrected chi connectivity index (χ1v) is 7.71. The zero-order chi connectivity index (χ0) is 17.0. The standard InChI is InChI=1S/C18H23N2O3.BrH/c1-5-23-18(22)17-11-20(12-19(17)4)10-15(21)9-16-13(2)7-6-8-14(16)3;/h6-8,11-12H,5,9-10H2,1-4H3;1H/q+1;/p-1.